The molecule has 5 heteroatoms. The van der Waals surface area contributed by atoms with Gasteiger partial charge in [-0.3, -0.25) is 5.73 Å². The van der Waals surface area contributed by atoms with Gasteiger partial charge in [-0.05, 0) is 6.42 Å². The van der Waals surface area contributed by atoms with Gasteiger partial charge in [0.15, 0.2) is 6.54 Å². The molecule has 5 nitrogen and oxygen atoms in total. The second kappa shape index (κ2) is 6.47. The first-order valence-electron chi connectivity index (χ1n) is 6.30. The van der Waals surface area contributed by atoms with Gasteiger partial charge in [0.05, 0.1) is 6.20 Å². The molecule has 3 N–H and O–H groups in total. The summed E-state index contributed by atoms with van der Waals surface area (Å²) in [4.78, 5) is 15.2. The number of unbranched alkanes of at least 4 members (excludes halogenated alkanes) is 2. The van der Waals surface area contributed by atoms with Crippen molar-refractivity contribution in [1.29, 1.82) is 0 Å². The van der Waals surface area contributed by atoms with Crippen LogP contribution in [0.15, 0.2) is 29.5 Å². The zero-order chi connectivity index (χ0) is 13.6. The van der Waals surface area contributed by atoms with Crippen molar-refractivity contribution in [3.05, 3.63) is 24.6 Å². The first-order valence-corrected chi connectivity index (χ1v) is 6.30. The van der Waals surface area contributed by atoms with E-state index in [4.69, 9.17) is 10.8 Å². The second-order valence-electron chi connectivity index (χ2n) is 4.55. The molecular weight excluding hydrogens is 230 g/mol. The van der Waals surface area contributed by atoms with Crippen molar-refractivity contribution in [2.45, 2.75) is 39.3 Å². The maximum absolute atomic E-state index is 11.0. The maximum Gasteiger partial charge on any atom is 0.360 e. The van der Waals surface area contributed by atoms with Crippen LogP contribution in [0.25, 0.3) is 0 Å². The number of amidine groups is 1. The van der Waals surface area contributed by atoms with Crippen LogP contribution in [0.3, 0.4) is 0 Å². The van der Waals surface area contributed by atoms with Gasteiger partial charge in [0, 0.05) is 13.0 Å². The number of hydrogen-bond acceptors (Lipinski definition) is 3. The van der Waals surface area contributed by atoms with Crippen LogP contribution in [-0.2, 0) is 4.79 Å². The van der Waals surface area contributed by atoms with E-state index in [1.165, 1.54) is 0 Å². The van der Waals surface area contributed by atoms with Gasteiger partial charge in [-0.15, -0.1) is 0 Å². The Balaban J connectivity index is 2.83. The van der Waals surface area contributed by atoms with E-state index in [0.29, 0.717) is 5.84 Å². The average molecular weight is 252 g/mol. The van der Waals surface area contributed by atoms with E-state index in [-0.39, 0.29) is 17.2 Å². The number of hydrogen-bond donors (Lipinski definition) is 2. The Kier molecular flexibility index (Phi) is 5.25. The summed E-state index contributed by atoms with van der Waals surface area (Å²) in [7, 11) is 0. The highest BCUT2D eigenvalue weighted by Crippen LogP contribution is 2.20. The van der Waals surface area contributed by atoms with Crippen molar-refractivity contribution < 1.29 is 14.4 Å². The van der Waals surface area contributed by atoms with Crippen LogP contribution in [0.2, 0.25) is 0 Å². The van der Waals surface area contributed by atoms with Gasteiger partial charge in [-0.25, -0.2) is 9.28 Å². The number of aliphatic imine (C=N–C) groups is 1. The molecule has 100 valence electrons. The molecule has 0 bridgehead atoms. The highest BCUT2D eigenvalue weighted by atomic mass is 16.4. The number of carboxylic acid groups (broad SMARTS) is 1. The van der Waals surface area contributed by atoms with Crippen LogP contribution < -0.4 is 5.73 Å². The van der Waals surface area contributed by atoms with Gasteiger partial charge >= 0.3 is 5.97 Å². The van der Waals surface area contributed by atoms with Crippen molar-refractivity contribution in [2.24, 2.45) is 10.7 Å². The molecule has 0 aromatic rings. The van der Waals surface area contributed by atoms with E-state index >= 15 is 0 Å². The van der Waals surface area contributed by atoms with E-state index < -0.39 is 5.97 Å². The number of nitrogens with zero attached hydrogens (tertiary/aromatic N) is 2. The lowest BCUT2D eigenvalue weighted by Gasteiger charge is -2.33. The van der Waals surface area contributed by atoms with Gasteiger partial charge in [-0.2, -0.15) is 4.99 Å². The number of carbonyl (C=O) groups is 1. The Bertz CT molecular complexity index is 386. The minimum Gasteiger partial charge on any atom is -0.477 e. The number of rotatable bonds is 7. The van der Waals surface area contributed by atoms with Crippen molar-refractivity contribution in [1.82, 2.24) is 0 Å². The maximum atomic E-state index is 11.0. The molecule has 0 radical (unpaired) electrons. The third kappa shape index (κ3) is 3.27. The van der Waals surface area contributed by atoms with Crippen molar-refractivity contribution in [2.75, 3.05) is 6.54 Å². The molecule has 2 atom stereocenters. The summed E-state index contributed by atoms with van der Waals surface area (Å²) < 4.78 is 0.0813. The van der Waals surface area contributed by atoms with Crippen LogP contribution in [0.1, 0.15) is 33.1 Å². The first-order chi connectivity index (χ1) is 8.53. The molecule has 1 heterocycles. The van der Waals surface area contributed by atoms with Gasteiger partial charge in [0.1, 0.15) is 12.4 Å². The lowest BCUT2D eigenvalue weighted by atomic mass is 10.2. The Morgan fingerprint density at radius 2 is 2.39 bits per heavy atom. The lowest BCUT2D eigenvalue weighted by Crippen LogP contribution is -2.58. The van der Waals surface area contributed by atoms with Gasteiger partial charge in [0.2, 0.25) is 5.84 Å². The summed E-state index contributed by atoms with van der Waals surface area (Å²) in [6.45, 7) is 3.86. The zero-order valence-corrected chi connectivity index (χ0v) is 11.0. The summed E-state index contributed by atoms with van der Waals surface area (Å²) >= 11 is 0. The SMILES string of the molecule is CCCC/C=C/C1=NC=C[N+]1(CC(=O)O)C(C)N. The summed E-state index contributed by atoms with van der Waals surface area (Å²) in [6.07, 6.45) is 10.2. The van der Waals surface area contributed by atoms with Gasteiger partial charge in [-0.1, -0.05) is 25.8 Å². The fourth-order valence-corrected chi connectivity index (χ4v) is 1.95. The minimum absolute atomic E-state index is 0.0783. The minimum atomic E-state index is -0.881. The summed E-state index contributed by atoms with van der Waals surface area (Å²) in [5.74, 6) is -0.183. The average Bonchev–Trinajstić information content (AvgIpc) is 2.68. The largest absolute Gasteiger partial charge is 0.477 e. The number of carboxylic acids is 1. The molecule has 0 aromatic carbocycles. The fourth-order valence-electron chi connectivity index (χ4n) is 1.95. The topological polar surface area (TPSA) is 75.7 Å². The summed E-state index contributed by atoms with van der Waals surface area (Å²) in [5.41, 5.74) is 5.94. The molecule has 1 aliphatic rings. The molecule has 0 aromatic heterocycles. The predicted molar refractivity (Wildman–Crippen MR) is 71.7 cm³/mol. The lowest BCUT2D eigenvalue weighted by molar-refractivity contribution is -0.803. The zero-order valence-electron chi connectivity index (χ0n) is 11.0. The predicted octanol–water partition coefficient (Wildman–Crippen LogP) is 1.82. The van der Waals surface area contributed by atoms with E-state index in [9.17, 15) is 4.79 Å². The Hall–Kier alpha value is -1.46. The highest BCUT2D eigenvalue weighted by molar-refractivity contribution is 5.90. The van der Waals surface area contributed by atoms with Crippen LogP contribution >= 0.6 is 0 Å². The van der Waals surface area contributed by atoms with E-state index in [1.54, 1.807) is 19.3 Å². The number of aliphatic carboxylic acids is 1. The van der Waals surface area contributed by atoms with Crippen LogP contribution in [0, 0.1) is 0 Å². The molecule has 0 saturated heterocycles. The summed E-state index contributed by atoms with van der Waals surface area (Å²) in [5, 5.41) is 9.03. The highest BCUT2D eigenvalue weighted by Gasteiger charge is 2.39. The number of quaternary nitrogens is 1. The number of allylic oxidation sites excluding steroid dienone is 1. The summed E-state index contributed by atoms with van der Waals surface area (Å²) in [6, 6.07) is 0. The first kappa shape index (κ1) is 14.6. The molecule has 1 aliphatic heterocycles. The van der Waals surface area contributed by atoms with E-state index in [2.05, 4.69) is 11.9 Å². The smallest absolute Gasteiger partial charge is 0.360 e. The van der Waals surface area contributed by atoms with Crippen molar-refractivity contribution >= 4 is 11.8 Å². The van der Waals surface area contributed by atoms with Gasteiger partial charge < -0.3 is 5.11 Å². The van der Waals surface area contributed by atoms with E-state index in [1.807, 2.05) is 12.2 Å². The molecule has 0 aliphatic carbocycles. The third-order valence-corrected chi connectivity index (χ3v) is 3.08. The molecule has 0 fully saturated rings. The third-order valence-electron chi connectivity index (χ3n) is 3.08. The Morgan fingerprint density at radius 3 is 2.94 bits per heavy atom. The van der Waals surface area contributed by atoms with Crippen LogP contribution in [-0.4, -0.2) is 34.1 Å². The van der Waals surface area contributed by atoms with Crippen molar-refractivity contribution in [3.63, 3.8) is 0 Å². The molecule has 2 unspecified atom stereocenters. The molecule has 0 saturated carbocycles. The monoisotopic (exact) mass is 252 g/mol. The van der Waals surface area contributed by atoms with Crippen LogP contribution in [0.4, 0.5) is 0 Å². The standard InChI is InChI=1S/C13H21N3O2/c1-3-4-5-6-7-12-15-8-9-16(12,11(2)14)10-13(17)18/h6-9,11H,3-5,10,14H2,1-2H3/p+1/b7-6+. The molecule has 0 spiro atoms. The Morgan fingerprint density at radius 1 is 1.67 bits per heavy atom. The fraction of sp³-hybridized carbons (Fsp3) is 0.538. The molecule has 0 amide bonds. The quantitative estimate of drug-likeness (QED) is 0.536. The molecular formula is C13H22N3O2+. The van der Waals surface area contributed by atoms with Crippen LogP contribution in [0.5, 0.6) is 0 Å². The molecule has 1 rings (SSSR count). The molecule has 18 heavy (non-hydrogen) atoms. The van der Waals surface area contributed by atoms with Gasteiger partial charge in [0.25, 0.3) is 0 Å². The van der Waals surface area contributed by atoms with E-state index in [0.717, 1.165) is 19.3 Å². The normalized spacial score (nSPS) is 24.5. The number of nitrogens with two attached hydrogens (primary N) is 1. The Labute approximate surface area is 108 Å². The second-order valence-corrected chi connectivity index (χ2v) is 4.55. The van der Waals surface area contributed by atoms with Crippen molar-refractivity contribution in [3.8, 4) is 0 Å².